The Balaban J connectivity index is 2.22. The number of hydrogen-bond acceptors (Lipinski definition) is 6. The van der Waals surface area contributed by atoms with Crippen molar-refractivity contribution in [3.63, 3.8) is 0 Å². The molecule has 0 radical (unpaired) electrons. The van der Waals surface area contributed by atoms with E-state index in [0.29, 0.717) is 6.54 Å². The van der Waals surface area contributed by atoms with Crippen LogP contribution in [0.5, 0.6) is 0 Å². The molecule has 0 bridgehead atoms. The van der Waals surface area contributed by atoms with Crippen LogP contribution in [0.15, 0.2) is 35.2 Å². The van der Waals surface area contributed by atoms with Crippen molar-refractivity contribution in [1.29, 1.82) is 0 Å². The third-order valence-corrected chi connectivity index (χ3v) is 5.68. The average Bonchev–Trinajstić information content (AvgIpc) is 2.61. The molecule has 132 valence electrons. The molecule has 1 saturated heterocycles. The van der Waals surface area contributed by atoms with Crippen LogP contribution in [0, 0.1) is 0 Å². The van der Waals surface area contributed by atoms with E-state index in [9.17, 15) is 18.0 Å². The Morgan fingerprint density at radius 1 is 1.33 bits per heavy atom. The van der Waals surface area contributed by atoms with Crippen molar-refractivity contribution >= 4 is 21.9 Å². The van der Waals surface area contributed by atoms with E-state index >= 15 is 0 Å². The molecule has 2 N–H and O–H groups in total. The van der Waals surface area contributed by atoms with Gasteiger partial charge in [-0.3, -0.25) is 4.79 Å². The zero-order valence-electron chi connectivity index (χ0n) is 13.6. The summed E-state index contributed by atoms with van der Waals surface area (Å²) in [4.78, 5) is 24.0. The Labute approximate surface area is 141 Å². The third kappa shape index (κ3) is 3.92. The van der Waals surface area contributed by atoms with Crippen LogP contribution in [0.2, 0.25) is 0 Å². The first kappa shape index (κ1) is 18.4. The van der Waals surface area contributed by atoms with Gasteiger partial charge < -0.3 is 15.4 Å². The zero-order valence-corrected chi connectivity index (χ0v) is 14.4. The summed E-state index contributed by atoms with van der Waals surface area (Å²) in [7, 11) is -2.58. The quantitative estimate of drug-likeness (QED) is 0.679. The van der Waals surface area contributed by atoms with Gasteiger partial charge in [-0.1, -0.05) is 18.2 Å². The van der Waals surface area contributed by atoms with Crippen molar-refractivity contribution in [2.24, 2.45) is 0 Å². The number of piperazine rings is 1. The molecule has 2 rings (SSSR count). The lowest BCUT2D eigenvalue weighted by atomic mass is 10.2. The van der Waals surface area contributed by atoms with Crippen LogP contribution >= 0.6 is 0 Å². The summed E-state index contributed by atoms with van der Waals surface area (Å²) in [5.41, 5.74) is 0. The lowest BCUT2D eigenvalue weighted by molar-refractivity contribution is -0.145. The monoisotopic (exact) mass is 355 g/mol. The van der Waals surface area contributed by atoms with Crippen molar-refractivity contribution in [2.75, 3.05) is 26.7 Å². The standard InChI is InChI=1S/C15H21N3O5S/c1-11(15(20)23-2)17-14(19)13-10-16-8-9-18(13)24(21,22)12-6-4-3-5-7-12/h3-7,11,13,16H,8-10H2,1-2H3,(H,17,19). The van der Waals surface area contributed by atoms with E-state index in [1.165, 1.54) is 26.2 Å². The van der Waals surface area contributed by atoms with Crippen molar-refractivity contribution in [1.82, 2.24) is 14.9 Å². The highest BCUT2D eigenvalue weighted by Crippen LogP contribution is 2.19. The Morgan fingerprint density at radius 2 is 2.00 bits per heavy atom. The second kappa shape index (κ2) is 7.73. The summed E-state index contributed by atoms with van der Waals surface area (Å²) in [5.74, 6) is -1.14. The molecule has 1 aromatic carbocycles. The topological polar surface area (TPSA) is 105 Å². The molecule has 2 atom stereocenters. The van der Waals surface area contributed by atoms with Crippen LogP contribution in [-0.4, -0.2) is 63.4 Å². The summed E-state index contributed by atoms with van der Waals surface area (Å²) >= 11 is 0. The molecule has 1 heterocycles. The molecular formula is C15H21N3O5S. The maximum Gasteiger partial charge on any atom is 0.328 e. The van der Waals surface area contributed by atoms with Crippen LogP contribution in [-0.2, 0) is 24.3 Å². The Bertz CT molecular complexity index is 692. The van der Waals surface area contributed by atoms with Crippen molar-refractivity contribution in [2.45, 2.75) is 23.9 Å². The second-order valence-corrected chi connectivity index (χ2v) is 7.29. The molecule has 0 aliphatic carbocycles. The van der Waals surface area contributed by atoms with Gasteiger partial charge in [-0.15, -0.1) is 0 Å². The van der Waals surface area contributed by atoms with Gasteiger partial charge in [-0.25, -0.2) is 13.2 Å². The molecule has 8 nitrogen and oxygen atoms in total. The van der Waals surface area contributed by atoms with E-state index in [0.717, 1.165) is 4.31 Å². The van der Waals surface area contributed by atoms with E-state index in [4.69, 9.17) is 0 Å². The van der Waals surface area contributed by atoms with E-state index in [-0.39, 0.29) is 18.0 Å². The zero-order chi connectivity index (χ0) is 17.7. The number of amides is 1. The highest BCUT2D eigenvalue weighted by Gasteiger charge is 2.38. The smallest absolute Gasteiger partial charge is 0.328 e. The molecule has 1 fully saturated rings. The van der Waals surface area contributed by atoms with Gasteiger partial charge in [0.15, 0.2) is 0 Å². The number of nitrogens with one attached hydrogen (secondary N) is 2. The molecule has 1 amide bonds. The van der Waals surface area contributed by atoms with Gasteiger partial charge in [0.1, 0.15) is 12.1 Å². The lowest BCUT2D eigenvalue weighted by Gasteiger charge is -2.34. The fourth-order valence-corrected chi connectivity index (χ4v) is 4.08. The van der Waals surface area contributed by atoms with Gasteiger partial charge in [0.2, 0.25) is 15.9 Å². The molecule has 0 spiro atoms. The molecule has 1 aliphatic rings. The number of carbonyl (C=O) groups excluding carboxylic acids is 2. The SMILES string of the molecule is COC(=O)C(C)NC(=O)C1CNCCN1S(=O)(=O)c1ccccc1. The minimum Gasteiger partial charge on any atom is -0.467 e. The predicted molar refractivity (Wildman–Crippen MR) is 86.6 cm³/mol. The number of methoxy groups -OCH3 is 1. The van der Waals surface area contributed by atoms with E-state index in [1.807, 2.05) is 0 Å². The van der Waals surface area contributed by atoms with Crippen LogP contribution in [0.1, 0.15) is 6.92 Å². The van der Waals surface area contributed by atoms with E-state index in [2.05, 4.69) is 15.4 Å². The summed E-state index contributed by atoms with van der Waals surface area (Å²) in [6, 6.07) is 6.17. The molecule has 0 saturated carbocycles. The highest BCUT2D eigenvalue weighted by atomic mass is 32.2. The van der Waals surface area contributed by atoms with Gasteiger partial charge in [-0.2, -0.15) is 4.31 Å². The molecule has 0 aromatic heterocycles. The Hall–Kier alpha value is -1.97. The number of sulfonamides is 1. The second-order valence-electron chi connectivity index (χ2n) is 5.40. The molecule has 2 unspecified atom stereocenters. The fourth-order valence-electron chi connectivity index (χ4n) is 2.47. The minimum absolute atomic E-state index is 0.130. The fraction of sp³-hybridized carbons (Fsp3) is 0.467. The normalized spacial score (nSPS) is 20.2. The van der Waals surface area contributed by atoms with Crippen LogP contribution < -0.4 is 10.6 Å². The minimum atomic E-state index is -3.80. The largest absolute Gasteiger partial charge is 0.467 e. The van der Waals surface area contributed by atoms with Gasteiger partial charge >= 0.3 is 5.97 Å². The van der Waals surface area contributed by atoms with Gasteiger partial charge in [0.25, 0.3) is 0 Å². The first-order valence-corrected chi connectivity index (χ1v) is 8.97. The number of benzene rings is 1. The molecule has 1 aromatic rings. The van der Waals surface area contributed by atoms with Crippen LogP contribution in [0.3, 0.4) is 0 Å². The predicted octanol–water partition coefficient (Wildman–Crippen LogP) is -0.673. The van der Waals surface area contributed by atoms with Gasteiger partial charge in [-0.05, 0) is 19.1 Å². The van der Waals surface area contributed by atoms with Gasteiger partial charge in [0, 0.05) is 19.6 Å². The van der Waals surface area contributed by atoms with Gasteiger partial charge in [0.05, 0.1) is 12.0 Å². The summed E-state index contributed by atoms with van der Waals surface area (Å²) in [6.07, 6.45) is 0. The molecule has 24 heavy (non-hydrogen) atoms. The number of carbonyl (C=O) groups is 2. The van der Waals surface area contributed by atoms with Crippen LogP contribution in [0.25, 0.3) is 0 Å². The van der Waals surface area contributed by atoms with Crippen molar-refractivity contribution < 1.29 is 22.7 Å². The van der Waals surface area contributed by atoms with E-state index in [1.54, 1.807) is 18.2 Å². The first-order chi connectivity index (χ1) is 11.4. The van der Waals surface area contributed by atoms with Crippen molar-refractivity contribution in [3.05, 3.63) is 30.3 Å². The number of nitrogens with zero attached hydrogens (tertiary/aromatic N) is 1. The summed E-state index contributed by atoms with van der Waals surface area (Å²) in [5, 5.41) is 5.50. The highest BCUT2D eigenvalue weighted by molar-refractivity contribution is 7.89. The van der Waals surface area contributed by atoms with E-state index < -0.39 is 34.0 Å². The Kier molecular flexibility index (Phi) is 5.92. The number of hydrogen-bond donors (Lipinski definition) is 2. The third-order valence-electron chi connectivity index (χ3n) is 3.76. The average molecular weight is 355 g/mol. The Morgan fingerprint density at radius 3 is 2.62 bits per heavy atom. The number of ether oxygens (including phenoxy) is 1. The maximum absolute atomic E-state index is 12.8. The van der Waals surface area contributed by atoms with Crippen molar-refractivity contribution in [3.8, 4) is 0 Å². The molecule has 9 heteroatoms. The lowest BCUT2D eigenvalue weighted by Crippen LogP contribution is -2.60. The molecule has 1 aliphatic heterocycles. The first-order valence-electron chi connectivity index (χ1n) is 7.53. The summed E-state index contributed by atoms with van der Waals surface area (Å²) < 4.78 is 31.3. The number of esters is 1. The van der Waals surface area contributed by atoms with Crippen LogP contribution in [0.4, 0.5) is 0 Å². The summed E-state index contributed by atoms with van der Waals surface area (Å²) in [6.45, 7) is 2.27. The maximum atomic E-state index is 12.8. The molecular weight excluding hydrogens is 334 g/mol. The number of rotatable bonds is 5.